The number of thiol groups is 3. The summed E-state index contributed by atoms with van der Waals surface area (Å²) < 4.78 is 0.638. The van der Waals surface area contributed by atoms with Gasteiger partial charge in [-0.15, -0.1) is 35.3 Å². The molecule has 0 bridgehead atoms. The molecule has 112 valence electrons. The van der Waals surface area contributed by atoms with E-state index in [1.165, 1.54) is 18.6 Å². The molecule has 0 amide bonds. The molecule has 0 heterocycles. The van der Waals surface area contributed by atoms with Gasteiger partial charge in [0.15, 0.2) is 0 Å². The molecule has 0 fully saturated rings. The molecule has 0 aliphatic carbocycles. The lowest BCUT2D eigenvalue weighted by Crippen LogP contribution is -2.26. The third-order valence-corrected chi connectivity index (χ3v) is 8.28. The van der Waals surface area contributed by atoms with Crippen LogP contribution in [0.15, 0.2) is 0 Å². The molecular weight excluding hydrogens is 337 g/mol. The van der Waals surface area contributed by atoms with E-state index in [0.29, 0.717) is 4.58 Å². The van der Waals surface area contributed by atoms with Crippen molar-refractivity contribution in [2.24, 2.45) is 0 Å². The van der Waals surface area contributed by atoms with Gasteiger partial charge >= 0.3 is 0 Å². The third-order valence-electron chi connectivity index (χ3n) is 2.01. The van der Waals surface area contributed by atoms with E-state index in [2.05, 4.69) is 46.0 Å². The van der Waals surface area contributed by atoms with Crippen molar-refractivity contribution < 1.29 is 0 Å². The maximum atomic E-state index is 4.86. The highest BCUT2D eigenvalue weighted by atomic mass is 32.2. The lowest BCUT2D eigenvalue weighted by molar-refractivity contribution is 0.888. The van der Waals surface area contributed by atoms with Crippen LogP contribution >= 0.6 is 73.2 Å². The van der Waals surface area contributed by atoms with Gasteiger partial charge in [0.2, 0.25) is 0 Å². The van der Waals surface area contributed by atoms with Gasteiger partial charge in [0.1, 0.15) is 0 Å². The molecule has 0 nitrogen and oxygen atoms in total. The lowest BCUT2D eigenvalue weighted by Gasteiger charge is -2.32. The van der Waals surface area contributed by atoms with Gasteiger partial charge in [-0.2, -0.15) is 37.9 Å². The molecule has 0 aromatic rings. The summed E-state index contributed by atoms with van der Waals surface area (Å²) in [6.07, 6.45) is 4.26. The Bertz CT molecular complexity index is 163. The van der Waals surface area contributed by atoms with Gasteiger partial charge in [-0.1, -0.05) is 20.3 Å². The summed E-state index contributed by atoms with van der Waals surface area (Å²) in [5.41, 5.74) is 0. The molecule has 2 unspecified atom stereocenters. The Morgan fingerprint density at radius 3 is 2.17 bits per heavy atom. The summed E-state index contributed by atoms with van der Waals surface area (Å²) in [4.78, 5) is 0. The van der Waals surface area contributed by atoms with E-state index in [1.54, 1.807) is 6.26 Å². The van der Waals surface area contributed by atoms with Gasteiger partial charge in [-0.05, 0) is 36.9 Å². The van der Waals surface area contributed by atoms with Gasteiger partial charge in [0.25, 0.3) is 0 Å². The standard InChI is InChI=1S/C11H24S5.CH4S/c1-4-6-8-16-11(3,13)10(14-5-2)15-9-7-12;1-2/h10,12-13H,4-9H2,1-3H3;2H,1H3. The average Bonchev–Trinajstić information content (AvgIpc) is 2.37. The number of unbranched alkanes of at least 4 members (excludes halogenated alkanes) is 1. The minimum Gasteiger partial charge on any atom is -0.183 e. The van der Waals surface area contributed by atoms with E-state index >= 15 is 0 Å². The molecule has 0 aromatic heterocycles. The van der Waals surface area contributed by atoms with Crippen molar-refractivity contribution in [1.29, 1.82) is 0 Å². The Hall–Kier alpha value is 2.10. The largest absolute Gasteiger partial charge is 0.183 e. The monoisotopic (exact) mass is 364 g/mol. The second kappa shape index (κ2) is 15.5. The van der Waals surface area contributed by atoms with Crippen molar-refractivity contribution in [3.8, 4) is 0 Å². The average molecular weight is 365 g/mol. The van der Waals surface area contributed by atoms with E-state index in [1.807, 2.05) is 35.3 Å². The third kappa shape index (κ3) is 11.9. The molecular formula is C12H28S6. The summed E-state index contributed by atoms with van der Waals surface area (Å²) in [6, 6.07) is 0. The van der Waals surface area contributed by atoms with Gasteiger partial charge in [0.05, 0.1) is 8.66 Å². The van der Waals surface area contributed by atoms with Crippen molar-refractivity contribution in [3.05, 3.63) is 0 Å². The van der Waals surface area contributed by atoms with E-state index < -0.39 is 0 Å². The molecule has 0 aliphatic rings. The molecule has 0 rings (SSSR count). The Balaban J connectivity index is 0. The molecule has 0 N–H and O–H groups in total. The van der Waals surface area contributed by atoms with E-state index in [9.17, 15) is 0 Å². The minimum atomic E-state index is 0.0729. The second-order valence-corrected chi connectivity index (χ2v) is 9.76. The molecule has 0 aliphatic heterocycles. The van der Waals surface area contributed by atoms with Crippen LogP contribution in [0.4, 0.5) is 0 Å². The van der Waals surface area contributed by atoms with Crippen LogP contribution in [0.3, 0.4) is 0 Å². The maximum Gasteiger partial charge on any atom is 0.0762 e. The summed E-state index contributed by atoms with van der Waals surface area (Å²) in [7, 11) is 0. The number of hydrogen-bond donors (Lipinski definition) is 3. The smallest absolute Gasteiger partial charge is 0.0762 e. The lowest BCUT2D eigenvalue weighted by atomic mass is 10.4. The van der Waals surface area contributed by atoms with Gasteiger partial charge in [-0.25, -0.2) is 0 Å². The van der Waals surface area contributed by atoms with E-state index in [0.717, 1.165) is 17.3 Å². The fourth-order valence-electron chi connectivity index (χ4n) is 1.16. The van der Waals surface area contributed by atoms with Crippen LogP contribution < -0.4 is 0 Å². The fraction of sp³-hybridized carbons (Fsp3) is 1.00. The zero-order chi connectivity index (χ0) is 14.4. The first-order valence-electron chi connectivity index (χ1n) is 6.23. The van der Waals surface area contributed by atoms with Crippen LogP contribution in [-0.2, 0) is 0 Å². The van der Waals surface area contributed by atoms with Gasteiger partial charge < -0.3 is 0 Å². The number of rotatable bonds is 10. The van der Waals surface area contributed by atoms with Crippen LogP contribution in [0, 0.1) is 0 Å². The zero-order valence-electron chi connectivity index (χ0n) is 11.9. The first-order valence-corrected chi connectivity index (χ1v) is 11.3. The minimum absolute atomic E-state index is 0.0729. The van der Waals surface area contributed by atoms with Gasteiger partial charge in [-0.3, -0.25) is 0 Å². The van der Waals surface area contributed by atoms with E-state index in [4.69, 9.17) is 12.6 Å². The first-order chi connectivity index (χ1) is 8.58. The molecule has 0 radical (unpaired) electrons. The van der Waals surface area contributed by atoms with Crippen LogP contribution in [0.5, 0.6) is 0 Å². The number of hydrogen-bond acceptors (Lipinski definition) is 6. The Morgan fingerprint density at radius 2 is 1.72 bits per heavy atom. The molecule has 0 aromatic carbocycles. The van der Waals surface area contributed by atoms with Gasteiger partial charge in [0, 0.05) is 5.75 Å². The summed E-state index contributed by atoms with van der Waals surface area (Å²) >= 11 is 18.7. The molecule has 18 heavy (non-hydrogen) atoms. The second-order valence-electron chi connectivity index (χ2n) is 3.64. The van der Waals surface area contributed by atoms with Crippen molar-refractivity contribution in [2.75, 3.05) is 29.3 Å². The molecule has 0 saturated carbocycles. The first kappa shape index (κ1) is 22.4. The zero-order valence-corrected chi connectivity index (χ0v) is 17.0. The highest BCUT2D eigenvalue weighted by molar-refractivity contribution is 8.21. The normalized spacial score (nSPS) is 15.5. The fourth-order valence-corrected chi connectivity index (χ4v) is 6.32. The molecule has 6 heteroatoms. The summed E-state index contributed by atoms with van der Waals surface area (Å²) in [6.45, 7) is 6.72. The Labute approximate surface area is 144 Å². The maximum absolute atomic E-state index is 4.86. The molecule has 2 atom stereocenters. The Morgan fingerprint density at radius 1 is 1.11 bits per heavy atom. The summed E-state index contributed by atoms with van der Waals surface area (Å²) in [5.74, 6) is 4.45. The van der Waals surface area contributed by atoms with Crippen LogP contribution in [0.2, 0.25) is 0 Å². The molecule has 0 saturated heterocycles. The van der Waals surface area contributed by atoms with Crippen LogP contribution in [0.1, 0.15) is 33.6 Å². The van der Waals surface area contributed by atoms with Crippen LogP contribution in [-0.4, -0.2) is 37.9 Å². The van der Waals surface area contributed by atoms with Crippen molar-refractivity contribution in [1.82, 2.24) is 0 Å². The molecule has 0 spiro atoms. The SMILES string of the molecule is CCCCSC(C)(S)C(SCC)SCCS.CS. The van der Waals surface area contributed by atoms with E-state index in [-0.39, 0.29) is 4.08 Å². The van der Waals surface area contributed by atoms with Crippen LogP contribution in [0.25, 0.3) is 0 Å². The highest BCUT2D eigenvalue weighted by Crippen LogP contribution is 2.44. The summed E-state index contributed by atoms with van der Waals surface area (Å²) in [5, 5.41) is 0. The topological polar surface area (TPSA) is 0 Å². The quantitative estimate of drug-likeness (QED) is 0.268. The predicted molar refractivity (Wildman–Crippen MR) is 108 cm³/mol. The number of thioether (sulfide) groups is 3. The highest BCUT2D eigenvalue weighted by Gasteiger charge is 2.31. The van der Waals surface area contributed by atoms with Crippen molar-refractivity contribution in [2.45, 2.75) is 42.3 Å². The Kier molecular flexibility index (Phi) is 19.3. The van der Waals surface area contributed by atoms with Crippen molar-refractivity contribution in [3.63, 3.8) is 0 Å². The van der Waals surface area contributed by atoms with Crippen molar-refractivity contribution >= 4 is 73.2 Å². The predicted octanol–water partition coefficient (Wildman–Crippen LogP) is 5.45.